The van der Waals surface area contributed by atoms with Crippen LogP contribution in [0.15, 0.2) is 83.6 Å². The summed E-state index contributed by atoms with van der Waals surface area (Å²) in [4.78, 5) is 4.72. The molecule has 2 heteroatoms. The Bertz CT molecular complexity index is 586. The predicted octanol–water partition coefficient (Wildman–Crippen LogP) is 4.32. The predicted molar refractivity (Wildman–Crippen MR) is 86.6 cm³/mol. The zero-order chi connectivity index (χ0) is 14.5. The van der Waals surface area contributed by atoms with Crippen molar-refractivity contribution < 1.29 is 0 Å². The summed E-state index contributed by atoms with van der Waals surface area (Å²) in [6, 6.07) is 10.3. The summed E-state index contributed by atoms with van der Waals surface area (Å²) in [5.41, 5.74) is 4.25. The number of nitrogens with one attached hydrogen (secondary N) is 1. The van der Waals surface area contributed by atoms with Gasteiger partial charge in [0.05, 0.1) is 6.04 Å². The highest BCUT2D eigenvalue weighted by atomic mass is 15.0. The van der Waals surface area contributed by atoms with Crippen LogP contribution in [0.3, 0.4) is 0 Å². The first-order valence-corrected chi connectivity index (χ1v) is 6.72. The van der Waals surface area contributed by atoms with Crippen LogP contribution in [0.1, 0.15) is 25.5 Å². The van der Waals surface area contributed by atoms with E-state index in [0.29, 0.717) is 0 Å². The van der Waals surface area contributed by atoms with E-state index in [4.69, 9.17) is 4.99 Å². The van der Waals surface area contributed by atoms with Gasteiger partial charge < -0.3 is 5.32 Å². The van der Waals surface area contributed by atoms with Gasteiger partial charge in [0, 0.05) is 11.3 Å². The van der Waals surface area contributed by atoms with E-state index in [1.165, 1.54) is 11.1 Å². The number of allylic oxidation sites excluding steroid dienone is 2. The molecule has 1 atom stereocenters. The van der Waals surface area contributed by atoms with E-state index in [0.717, 1.165) is 17.1 Å². The van der Waals surface area contributed by atoms with Crippen molar-refractivity contribution >= 4 is 5.84 Å². The molecule has 1 aliphatic rings. The number of benzene rings is 1. The molecule has 1 heterocycles. The van der Waals surface area contributed by atoms with Crippen molar-refractivity contribution in [1.82, 2.24) is 5.32 Å². The second-order valence-electron chi connectivity index (χ2n) is 4.74. The number of amidine groups is 1. The molecule has 0 aliphatic carbocycles. The Morgan fingerprint density at radius 3 is 2.60 bits per heavy atom. The first-order valence-electron chi connectivity index (χ1n) is 6.72. The average molecular weight is 264 g/mol. The summed E-state index contributed by atoms with van der Waals surface area (Å²) in [6.45, 7) is 11.9. The number of hydrogen-bond acceptors (Lipinski definition) is 2. The average Bonchev–Trinajstić information content (AvgIpc) is 2.53. The molecular weight excluding hydrogens is 244 g/mol. The van der Waals surface area contributed by atoms with Gasteiger partial charge in [0.25, 0.3) is 0 Å². The smallest absolute Gasteiger partial charge is 0.133 e. The first-order chi connectivity index (χ1) is 9.65. The zero-order valence-corrected chi connectivity index (χ0v) is 12.1. The second kappa shape index (κ2) is 6.20. The van der Waals surface area contributed by atoms with Crippen LogP contribution >= 0.6 is 0 Å². The van der Waals surface area contributed by atoms with Crippen LogP contribution in [-0.4, -0.2) is 5.84 Å². The van der Waals surface area contributed by atoms with Gasteiger partial charge in [0.1, 0.15) is 5.84 Å². The van der Waals surface area contributed by atoms with E-state index in [-0.39, 0.29) is 6.04 Å². The molecule has 0 fully saturated rings. The molecule has 1 unspecified atom stereocenters. The maximum Gasteiger partial charge on any atom is 0.133 e. The summed E-state index contributed by atoms with van der Waals surface area (Å²) in [6.07, 6.45) is 5.95. The topological polar surface area (TPSA) is 24.4 Å². The van der Waals surface area contributed by atoms with Gasteiger partial charge in [0.15, 0.2) is 0 Å². The van der Waals surface area contributed by atoms with Crippen LogP contribution in [0, 0.1) is 0 Å². The normalized spacial score (nSPS) is 18.7. The highest BCUT2D eigenvalue weighted by molar-refractivity contribution is 6.02. The van der Waals surface area contributed by atoms with E-state index < -0.39 is 0 Å². The van der Waals surface area contributed by atoms with E-state index in [1.54, 1.807) is 6.08 Å². The van der Waals surface area contributed by atoms with Crippen LogP contribution in [0.5, 0.6) is 0 Å². The van der Waals surface area contributed by atoms with Gasteiger partial charge in [-0.05, 0) is 31.1 Å². The molecule has 0 radical (unpaired) electrons. The van der Waals surface area contributed by atoms with E-state index in [2.05, 4.69) is 49.7 Å². The molecule has 1 aromatic carbocycles. The van der Waals surface area contributed by atoms with Gasteiger partial charge in [-0.1, -0.05) is 55.6 Å². The van der Waals surface area contributed by atoms with Gasteiger partial charge in [0.2, 0.25) is 0 Å². The highest BCUT2D eigenvalue weighted by Crippen LogP contribution is 2.26. The number of rotatable bonds is 4. The summed E-state index contributed by atoms with van der Waals surface area (Å²) in [5, 5.41) is 3.33. The van der Waals surface area contributed by atoms with Gasteiger partial charge in [-0.2, -0.15) is 0 Å². The lowest BCUT2D eigenvalue weighted by Crippen LogP contribution is -2.28. The Hall–Kier alpha value is -2.35. The fraction of sp³-hybridized carbons (Fsp3) is 0.167. The standard InChI is InChI=1S/C18H20N2/c1-5-13(3)16-12-17(15-10-8-7-9-11-15)20-18(19-16)14(4)6-2/h5-12,17H,2,4H2,1,3H3,(H,19,20)/b13-5+. The number of hydrogen-bond donors (Lipinski definition) is 1. The Labute approximate surface area is 120 Å². The lowest BCUT2D eigenvalue weighted by molar-refractivity contribution is 0.848. The van der Waals surface area contributed by atoms with Crippen LogP contribution in [0.4, 0.5) is 0 Å². The van der Waals surface area contributed by atoms with Crippen LogP contribution in [-0.2, 0) is 0 Å². The van der Waals surface area contributed by atoms with E-state index >= 15 is 0 Å². The SMILES string of the molecule is C=CC(=C)C1=NC(c2ccccc2)C=C(/C(C)=C/C)N1. The van der Waals surface area contributed by atoms with Crippen molar-refractivity contribution in [3.63, 3.8) is 0 Å². The minimum Gasteiger partial charge on any atom is -0.340 e. The van der Waals surface area contributed by atoms with E-state index in [9.17, 15) is 0 Å². The monoisotopic (exact) mass is 264 g/mol. The molecular formula is C18H20N2. The van der Waals surface area contributed by atoms with Gasteiger partial charge in [-0.3, -0.25) is 4.99 Å². The lowest BCUT2D eigenvalue weighted by Gasteiger charge is -2.23. The third-order valence-corrected chi connectivity index (χ3v) is 3.40. The molecule has 1 aliphatic heterocycles. The molecule has 0 spiro atoms. The second-order valence-corrected chi connectivity index (χ2v) is 4.74. The molecule has 0 amide bonds. The molecule has 0 saturated heterocycles. The van der Waals surface area contributed by atoms with Crippen LogP contribution < -0.4 is 5.32 Å². The summed E-state index contributed by atoms with van der Waals surface area (Å²) in [5.74, 6) is 0.785. The molecule has 0 saturated carbocycles. The molecule has 1 N–H and O–H groups in total. The fourth-order valence-corrected chi connectivity index (χ4v) is 2.00. The first kappa shape index (κ1) is 14.1. The quantitative estimate of drug-likeness (QED) is 0.805. The van der Waals surface area contributed by atoms with Crippen LogP contribution in [0.2, 0.25) is 0 Å². The van der Waals surface area contributed by atoms with Gasteiger partial charge in [-0.25, -0.2) is 0 Å². The fourth-order valence-electron chi connectivity index (χ4n) is 2.00. The Morgan fingerprint density at radius 1 is 1.30 bits per heavy atom. The zero-order valence-electron chi connectivity index (χ0n) is 12.1. The molecule has 0 aromatic heterocycles. The molecule has 0 bridgehead atoms. The summed E-state index contributed by atoms with van der Waals surface area (Å²) in [7, 11) is 0. The molecule has 2 rings (SSSR count). The van der Waals surface area contributed by atoms with Gasteiger partial charge in [-0.15, -0.1) is 0 Å². The lowest BCUT2D eigenvalue weighted by atomic mass is 10.0. The van der Waals surface area contributed by atoms with Crippen molar-refractivity contribution in [2.75, 3.05) is 0 Å². The number of nitrogens with zero attached hydrogens (tertiary/aromatic N) is 1. The maximum absolute atomic E-state index is 4.72. The number of aliphatic imine (C=N–C) groups is 1. The maximum atomic E-state index is 4.72. The summed E-state index contributed by atoms with van der Waals surface area (Å²) >= 11 is 0. The molecule has 2 nitrogen and oxygen atoms in total. The molecule has 1 aromatic rings. The Balaban J connectivity index is 2.43. The summed E-state index contributed by atoms with van der Waals surface area (Å²) < 4.78 is 0. The third kappa shape index (κ3) is 2.97. The van der Waals surface area contributed by atoms with Crippen molar-refractivity contribution in [1.29, 1.82) is 0 Å². The van der Waals surface area contributed by atoms with Gasteiger partial charge >= 0.3 is 0 Å². The van der Waals surface area contributed by atoms with Crippen molar-refractivity contribution in [3.8, 4) is 0 Å². The highest BCUT2D eigenvalue weighted by Gasteiger charge is 2.18. The third-order valence-electron chi connectivity index (χ3n) is 3.40. The molecule has 102 valence electrons. The Kier molecular flexibility index (Phi) is 4.36. The van der Waals surface area contributed by atoms with Crippen molar-refractivity contribution in [2.24, 2.45) is 4.99 Å². The molecule has 20 heavy (non-hydrogen) atoms. The van der Waals surface area contributed by atoms with Crippen LogP contribution in [0.25, 0.3) is 0 Å². The van der Waals surface area contributed by atoms with Crippen molar-refractivity contribution in [2.45, 2.75) is 19.9 Å². The largest absolute Gasteiger partial charge is 0.340 e. The minimum absolute atomic E-state index is 0.00838. The Morgan fingerprint density at radius 2 is 2.00 bits per heavy atom. The van der Waals surface area contributed by atoms with Crippen molar-refractivity contribution in [3.05, 3.63) is 84.1 Å². The van der Waals surface area contributed by atoms with E-state index in [1.807, 2.05) is 25.1 Å². The minimum atomic E-state index is 0.00838.